The van der Waals surface area contributed by atoms with Crippen molar-refractivity contribution in [2.24, 2.45) is 17.3 Å². The summed E-state index contributed by atoms with van der Waals surface area (Å²) in [6.07, 6.45) is 4.87. The van der Waals surface area contributed by atoms with Gasteiger partial charge in [0.25, 0.3) is 0 Å². The highest BCUT2D eigenvalue weighted by Crippen LogP contribution is 2.52. The van der Waals surface area contributed by atoms with Gasteiger partial charge in [0, 0.05) is 19.6 Å². The highest BCUT2D eigenvalue weighted by Gasteiger charge is 2.54. The SMILES string of the molecule is CCCCC[C@]1(C(=O)O)CCC(CO)C1C(C)NC(C)=O. The molecule has 0 aromatic heterocycles. The third-order valence-electron chi connectivity index (χ3n) is 4.96. The van der Waals surface area contributed by atoms with Gasteiger partial charge in [0.15, 0.2) is 0 Å². The summed E-state index contributed by atoms with van der Waals surface area (Å²) in [7, 11) is 0. The summed E-state index contributed by atoms with van der Waals surface area (Å²) in [5.41, 5.74) is -0.815. The molecule has 122 valence electrons. The van der Waals surface area contributed by atoms with Crippen LogP contribution in [0.15, 0.2) is 0 Å². The van der Waals surface area contributed by atoms with Crippen molar-refractivity contribution in [2.45, 2.75) is 65.3 Å². The minimum Gasteiger partial charge on any atom is -0.481 e. The van der Waals surface area contributed by atoms with Gasteiger partial charge in [0.05, 0.1) is 5.41 Å². The van der Waals surface area contributed by atoms with Gasteiger partial charge < -0.3 is 15.5 Å². The Morgan fingerprint density at radius 1 is 1.38 bits per heavy atom. The van der Waals surface area contributed by atoms with Crippen LogP contribution in [-0.4, -0.2) is 34.7 Å². The molecule has 1 aliphatic rings. The summed E-state index contributed by atoms with van der Waals surface area (Å²) in [6.45, 7) is 5.38. The second-order valence-electron chi connectivity index (χ2n) is 6.41. The molecule has 1 fully saturated rings. The Morgan fingerprint density at radius 3 is 2.52 bits per heavy atom. The lowest BCUT2D eigenvalue weighted by Crippen LogP contribution is -2.49. The second-order valence-corrected chi connectivity index (χ2v) is 6.41. The monoisotopic (exact) mass is 299 g/mol. The topological polar surface area (TPSA) is 86.6 Å². The van der Waals surface area contributed by atoms with Gasteiger partial charge in [-0.3, -0.25) is 9.59 Å². The van der Waals surface area contributed by atoms with Gasteiger partial charge in [-0.05, 0) is 38.0 Å². The molecule has 21 heavy (non-hydrogen) atoms. The number of carboxylic acid groups (broad SMARTS) is 1. The average molecular weight is 299 g/mol. The van der Waals surface area contributed by atoms with Crippen LogP contribution in [0.4, 0.5) is 0 Å². The fourth-order valence-electron chi connectivity index (χ4n) is 4.08. The van der Waals surface area contributed by atoms with Crippen molar-refractivity contribution in [1.29, 1.82) is 0 Å². The minimum atomic E-state index is -0.815. The Labute approximate surface area is 127 Å². The number of aliphatic hydroxyl groups is 1. The summed E-state index contributed by atoms with van der Waals surface area (Å²) >= 11 is 0. The van der Waals surface area contributed by atoms with Crippen LogP contribution in [0, 0.1) is 17.3 Å². The molecule has 5 heteroatoms. The lowest BCUT2D eigenvalue weighted by molar-refractivity contribution is -0.154. The number of carbonyl (C=O) groups is 2. The van der Waals surface area contributed by atoms with E-state index in [1.807, 2.05) is 6.92 Å². The zero-order chi connectivity index (χ0) is 16.0. The van der Waals surface area contributed by atoms with E-state index in [2.05, 4.69) is 12.2 Å². The van der Waals surface area contributed by atoms with Crippen molar-refractivity contribution in [3.63, 3.8) is 0 Å². The predicted octanol–water partition coefficient (Wildman–Crippen LogP) is 2.18. The molecule has 1 saturated carbocycles. The van der Waals surface area contributed by atoms with E-state index in [1.165, 1.54) is 6.92 Å². The maximum absolute atomic E-state index is 12.0. The lowest BCUT2D eigenvalue weighted by atomic mass is 9.69. The Hall–Kier alpha value is -1.10. The number of hydrogen-bond donors (Lipinski definition) is 3. The number of nitrogens with one attached hydrogen (secondary N) is 1. The zero-order valence-electron chi connectivity index (χ0n) is 13.4. The average Bonchev–Trinajstić information content (AvgIpc) is 2.78. The number of carbonyl (C=O) groups excluding carboxylic acids is 1. The first kappa shape index (κ1) is 18.0. The van der Waals surface area contributed by atoms with E-state index in [0.717, 1.165) is 19.3 Å². The standard InChI is InChI=1S/C16H29NO4/c1-4-5-6-8-16(15(20)21)9-7-13(10-18)14(16)11(2)17-12(3)19/h11,13-14,18H,4-10H2,1-3H3,(H,17,19)(H,20,21)/t11?,13?,14?,16-/m0/s1. The van der Waals surface area contributed by atoms with E-state index in [0.29, 0.717) is 19.3 Å². The Morgan fingerprint density at radius 2 is 2.05 bits per heavy atom. The van der Waals surface area contributed by atoms with E-state index in [1.54, 1.807) is 0 Å². The van der Waals surface area contributed by atoms with Crippen LogP contribution in [0.2, 0.25) is 0 Å². The normalized spacial score (nSPS) is 30.1. The van der Waals surface area contributed by atoms with Gasteiger partial charge in [0.2, 0.25) is 5.91 Å². The molecular weight excluding hydrogens is 270 g/mol. The quantitative estimate of drug-likeness (QED) is 0.600. The van der Waals surface area contributed by atoms with Crippen molar-refractivity contribution >= 4 is 11.9 Å². The fraction of sp³-hybridized carbons (Fsp3) is 0.875. The maximum Gasteiger partial charge on any atom is 0.310 e. The Kier molecular flexibility index (Phi) is 6.65. The summed E-state index contributed by atoms with van der Waals surface area (Å²) < 4.78 is 0. The smallest absolute Gasteiger partial charge is 0.310 e. The number of hydrogen-bond acceptors (Lipinski definition) is 3. The van der Waals surface area contributed by atoms with Gasteiger partial charge >= 0.3 is 5.97 Å². The number of unbranched alkanes of at least 4 members (excludes halogenated alkanes) is 2. The number of aliphatic carboxylic acids is 1. The third-order valence-corrected chi connectivity index (χ3v) is 4.96. The Balaban J connectivity index is 3.01. The van der Waals surface area contributed by atoms with Crippen LogP contribution < -0.4 is 5.32 Å². The van der Waals surface area contributed by atoms with Crippen LogP contribution in [0.3, 0.4) is 0 Å². The van der Waals surface area contributed by atoms with E-state index in [-0.39, 0.29) is 30.4 Å². The van der Waals surface area contributed by atoms with Crippen molar-refractivity contribution in [3.05, 3.63) is 0 Å². The number of carboxylic acids is 1. The van der Waals surface area contributed by atoms with E-state index < -0.39 is 11.4 Å². The lowest BCUT2D eigenvalue weighted by Gasteiger charge is -2.37. The zero-order valence-corrected chi connectivity index (χ0v) is 13.4. The molecule has 0 saturated heterocycles. The molecule has 0 radical (unpaired) electrons. The molecular formula is C16H29NO4. The molecule has 1 amide bonds. The first-order chi connectivity index (χ1) is 9.89. The molecule has 3 unspecified atom stereocenters. The van der Waals surface area contributed by atoms with E-state index in [4.69, 9.17) is 0 Å². The Bertz CT molecular complexity index is 371. The molecule has 1 aliphatic carbocycles. The molecule has 0 spiro atoms. The van der Waals surface area contributed by atoms with Gasteiger partial charge in [0.1, 0.15) is 0 Å². The molecule has 0 heterocycles. The third kappa shape index (κ3) is 3.96. The summed E-state index contributed by atoms with van der Waals surface area (Å²) in [5, 5.41) is 22.3. The maximum atomic E-state index is 12.0. The molecule has 0 aromatic rings. The van der Waals surface area contributed by atoms with Crippen molar-refractivity contribution in [1.82, 2.24) is 5.32 Å². The molecule has 4 atom stereocenters. The predicted molar refractivity (Wildman–Crippen MR) is 80.8 cm³/mol. The fourth-order valence-corrected chi connectivity index (χ4v) is 4.08. The van der Waals surface area contributed by atoms with Crippen LogP contribution in [0.5, 0.6) is 0 Å². The van der Waals surface area contributed by atoms with Crippen LogP contribution in [0.1, 0.15) is 59.3 Å². The number of aliphatic hydroxyl groups excluding tert-OH is 1. The van der Waals surface area contributed by atoms with Gasteiger partial charge in [-0.1, -0.05) is 26.2 Å². The van der Waals surface area contributed by atoms with Gasteiger partial charge in [-0.15, -0.1) is 0 Å². The van der Waals surface area contributed by atoms with Crippen LogP contribution in [-0.2, 0) is 9.59 Å². The van der Waals surface area contributed by atoms with Gasteiger partial charge in [-0.2, -0.15) is 0 Å². The summed E-state index contributed by atoms with van der Waals surface area (Å²) in [4.78, 5) is 23.3. The highest BCUT2D eigenvalue weighted by molar-refractivity contribution is 5.76. The molecule has 0 bridgehead atoms. The number of amides is 1. The van der Waals surface area contributed by atoms with E-state index in [9.17, 15) is 19.8 Å². The molecule has 0 aromatic carbocycles. The van der Waals surface area contributed by atoms with Crippen molar-refractivity contribution in [3.8, 4) is 0 Å². The minimum absolute atomic E-state index is 0.0165. The molecule has 5 nitrogen and oxygen atoms in total. The summed E-state index contributed by atoms with van der Waals surface area (Å²) in [5.74, 6) is -1.19. The van der Waals surface area contributed by atoms with Crippen LogP contribution >= 0.6 is 0 Å². The van der Waals surface area contributed by atoms with Crippen LogP contribution in [0.25, 0.3) is 0 Å². The number of rotatable bonds is 8. The van der Waals surface area contributed by atoms with Crippen molar-refractivity contribution < 1.29 is 19.8 Å². The summed E-state index contributed by atoms with van der Waals surface area (Å²) in [6, 6.07) is -0.236. The molecule has 1 rings (SSSR count). The largest absolute Gasteiger partial charge is 0.481 e. The van der Waals surface area contributed by atoms with E-state index >= 15 is 0 Å². The highest BCUT2D eigenvalue weighted by atomic mass is 16.4. The molecule has 3 N–H and O–H groups in total. The van der Waals surface area contributed by atoms with Crippen molar-refractivity contribution in [2.75, 3.05) is 6.61 Å². The molecule has 0 aliphatic heterocycles. The van der Waals surface area contributed by atoms with Gasteiger partial charge in [-0.25, -0.2) is 0 Å². The first-order valence-corrected chi connectivity index (χ1v) is 8.00. The first-order valence-electron chi connectivity index (χ1n) is 8.00. The second kappa shape index (κ2) is 7.78.